The van der Waals surface area contributed by atoms with Crippen LogP contribution in [0.4, 0.5) is 0 Å². The van der Waals surface area contributed by atoms with Crippen molar-refractivity contribution in [3.05, 3.63) is 36.0 Å². The fourth-order valence-electron chi connectivity index (χ4n) is 1.96. The average Bonchev–Trinajstić information content (AvgIpc) is 2.75. The van der Waals surface area contributed by atoms with E-state index in [1.807, 2.05) is 12.1 Å². The van der Waals surface area contributed by atoms with Crippen LogP contribution < -0.4 is 0 Å². The first kappa shape index (κ1) is 13.0. The number of aryl methyl sites for hydroxylation is 1. The highest BCUT2D eigenvalue weighted by Crippen LogP contribution is 2.21. The topological polar surface area (TPSA) is 65.4 Å². The summed E-state index contributed by atoms with van der Waals surface area (Å²) in [4.78, 5) is 34.8. The van der Waals surface area contributed by atoms with Gasteiger partial charge in [0.15, 0.2) is 0 Å². The van der Waals surface area contributed by atoms with Crippen molar-refractivity contribution in [3.63, 3.8) is 0 Å². The predicted molar refractivity (Wildman–Crippen MR) is 68.9 cm³/mol. The van der Waals surface area contributed by atoms with Crippen molar-refractivity contribution in [1.29, 1.82) is 0 Å². The lowest BCUT2D eigenvalue weighted by atomic mass is 10.0. The Morgan fingerprint density at radius 1 is 1.21 bits per heavy atom. The Morgan fingerprint density at radius 3 is 2.58 bits per heavy atom. The molecule has 0 bridgehead atoms. The minimum absolute atomic E-state index is 0.312. The molecule has 0 unspecified atom stereocenters. The minimum atomic E-state index is -0.761. The summed E-state index contributed by atoms with van der Waals surface area (Å²) in [6, 6.07) is 7.28. The summed E-state index contributed by atoms with van der Waals surface area (Å²) >= 11 is 0. The number of benzene rings is 1. The minimum Gasteiger partial charge on any atom is -0.469 e. The highest BCUT2D eigenvalue weighted by molar-refractivity contribution is 6.47. The Labute approximate surface area is 109 Å². The van der Waals surface area contributed by atoms with Gasteiger partial charge in [-0.25, -0.2) is 0 Å². The molecule has 0 saturated carbocycles. The summed E-state index contributed by atoms with van der Waals surface area (Å²) in [5.74, 6) is -2.14. The number of para-hydroxylation sites is 1. The van der Waals surface area contributed by atoms with E-state index in [1.165, 1.54) is 7.11 Å². The van der Waals surface area contributed by atoms with Crippen LogP contribution >= 0.6 is 0 Å². The number of carbonyl (C=O) groups is 3. The molecule has 0 amide bonds. The summed E-state index contributed by atoms with van der Waals surface area (Å²) in [7, 11) is 2.97. The van der Waals surface area contributed by atoms with Gasteiger partial charge in [0.2, 0.25) is 11.6 Å². The van der Waals surface area contributed by atoms with Crippen molar-refractivity contribution in [1.82, 2.24) is 4.57 Å². The van der Waals surface area contributed by atoms with Crippen LogP contribution in [0.1, 0.15) is 16.8 Å². The molecule has 0 atom stereocenters. The third-order valence-electron chi connectivity index (χ3n) is 2.93. The zero-order chi connectivity index (χ0) is 14.0. The second-order valence-corrected chi connectivity index (χ2v) is 4.18. The van der Waals surface area contributed by atoms with Crippen LogP contribution in [0.15, 0.2) is 30.5 Å². The summed E-state index contributed by atoms with van der Waals surface area (Å²) in [6.07, 6.45) is 1.07. The Balaban J connectivity index is 2.37. The largest absolute Gasteiger partial charge is 0.469 e. The Bertz CT molecular complexity index is 669. The smallest absolute Gasteiger partial charge is 0.313 e. The average molecular weight is 259 g/mol. The van der Waals surface area contributed by atoms with Gasteiger partial charge >= 0.3 is 5.97 Å². The van der Waals surface area contributed by atoms with Crippen molar-refractivity contribution in [2.45, 2.75) is 6.42 Å². The van der Waals surface area contributed by atoms with Crippen LogP contribution in [-0.4, -0.2) is 29.2 Å². The highest BCUT2D eigenvalue weighted by Gasteiger charge is 2.23. The van der Waals surface area contributed by atoms with Gasteiger partial charge in [0.25, 0.3) is 0 Å². The zero-order valence-electron chi connectivity index (χ0n) is 10.7. The maximum Gasteiger partial charge on any atom is 0.313 e. The number of ketones is 2. The third-order valence-corrected chi connectivity index (χ3v) is 2.93. The number of ether oxygens (including phenoxy) is 1. The molecular formula is C14H13NO4. The second kappa shape index (κ2) is 5.06. The van der Waals surface area contributed by atoms with Gasteiger partial charge in [-0.2, -0.15) is 0 Å². The molecule has 0 fully saturated rings. The number of esters is 1. The quantitative estimate of drug-likeness (QED) is 0.361. The molecule has 1 aromatic carbocycles. The molecule has 0 saturated heterocycles. The SMILES string of the molecule is COC(=O)CC(=O)C(=O)c1cn(C)c2ccccc12. The lowest BCUT2D eigenvalue weighted by Gasteiger charge is -1.98. The van der Waals surface area contributed by atoms with Gasteiger partial charge in [0, 0.05) is 24.1 Å². The van der Waals surface area contributed by atoms with Crippen LogP contribution in [-0.2, 0) is 21.4 Å². The monoisotopic (exact) mass is 259 g/mol. The number of methoxy groups -OCH3 is 1. The molecule has 2 aromatic rings. The molecule has 0 aliphatic rings. The Kier molecular flexibility index (Phi) is 3.46. The van der Waals surface area contributed by atoms with Crippen LogP contribution in [0, 0.1) is 0 Å². The number of fused-ring (bicyclic) bond motifs is 1. The number of hydrogen-bond donors (Lipinski definition) is 0. The van der Waals surface area contributed by atoms with Crippen molar-refractivity contribution < 1.29 is 19.1 Å². The molecule has 0 aliphatic heterocycles. The van der Waals surface area contributed by atoms with Gasteiger partial charge in [-0.1, -0.05) is 18.2 Å². The van der Waals surface area contributed by atoms with Gasteiger partial charge < -0.3 is 9.30 Å². The molecule has 5 nitrogen and oxygen atoms in total. The molecule has 0 N–H and O–H groups in total. The molecular weight excluding hydrogens is 246 g/mol. The second-order valence-electron chi connectivity index (χ2n) is 4.18. The van der Waals surface area contributed by atoms with E-state index in [9.17, 15) is 14.4 Å². The van der Waals surface area contributed by atoms with E-state index in [1.54, 1.807) is 29.9 Å². The van der Waals surface area contributed by atoms with Gasteiger partial charge in [0.05, 0.1) is 12.7 Å². The van der Waals surface area contributed by atoms with Gasteiger partial charge in [0.1, 0.15) is 6.42 Å². The number of carbonyl (C=O) groups excluding carboxylic acids is 3. The molecule has 2 rings (SSSR count). The van der Waals surface area contributed by atoms with Crippen LogP contribution in [0.2, 0.25) is 0 Å². The molecule has 5 heteroatoms. The number of Topliss-reactive ketones (excluding diaryl/α,β-unsaturated/α-hetero) is 2. The van der Waals surface area contributed by atoms with Crippen molar-refractivity contribution in [2.24, 2.45) is 7.05 Å². The van der Waals surface area contributed by atoms with Crippen molar-refractivity contribution in [2.75, 3.05) is 7.11 Å². The van der Waals surface area contributed by atoms with E-state index in [0.717, 1.165) is 5.52 Å². The van der Waals surface area contributed by atoms with E-state index >= 15 is 0 Å². The summed E-state index contributed by atoms with van der Waals surface area (Å²) < 4.78 is 6.15. The van der Waals surface area contributed by atoms with Crippen molar-refractivity contribution in [3.8, 4) is 0 Å². The summed E-state index contributed by atoms with van der Waals surface area (Å²) in [6.45, 7) is 0. The lowest BCUT2D eigenvalue weighted by Crippen LogP contribution is -2.18. The van der Waals surface area contributed by atoms with Gasteiger partial charge in [-0.05, 0) is 6.07 Å². The number of aromatic nitrogens is 1. The highest BCUT2D eigenvalue weighted by atomic mass is 16.5. The predicted octanol–water partition coefficient (Wildman–Crippen LogP) is 1.49. The van der Waals surface area contributed by atoms with E-state index in [-0.39, 0.29) is 0 Å². The standard InChI is InChI=1S/C14H13NO4/c1-15-8-10(9-5-3-4-6-11(9)15)14(18)12(16)7-13(17)19-2/h3-6,8H,7H2,1-2H3. The van der Waals surface area contributed by atoms with E-state index in [0.29, 0.717) is 10.9 Å². The third kappa shape index (κ3) is 2.40. The zero-order valence-corrected chi connectivity index (χ0v) is 10.7. The van der Waals surface area contributed by atoms with Gasteiger partial charge in [-0.3, -0.25) is 14.4 Å². The fraction of sp³-hybridized carbons (Fsp3) is 0.214. The number of hydrogen-bond acceptors (Lipinski definition) is 4. The first-order chi connectivity index (χ1) is 9.04. The number of nitrogens with zero attached hydrogens (tertiary/aromatic N) is 1. The normalized spacial score (nSPS) is 10.4. The Morgan fingerprint density at radius 2 is 1.89 bits per heavy atom. The first-order valence-electron chi connectivity index (χ1n) is 5.73. The van der Waals surface area contributed by atoms with Crippen molar-refractivity contribution >= 4 is 28.4 Å². The van der Waals surface area contributed by atoms with E-state index in [2.05, 4.69) is 4.74 Å². The van der Waals surface area contributed by atoms with E-state index < -0.39 is 24.0 Å². The maximum atomic E-state index is 12.1. The fourth-order valence-corrected chi connectivity index (χ4v) is 1.96. The molecule has 0 radical (unpaired) electrons. The molecule has 0 aliphatic carbocycles. The molecule has 0 spiro atoms. The molecule has 1 aromatic heterocycles. The van der Waals surface area contributed by atoms with E-state index in [4.69, 9.17) is 0 Å². The summed E-state index contributed by atoms with van der Waals surface area (Å²) in [5.41, 5.74) is 1.17. The first-order valence-corrected chi connectivity index (χ1v) is 5.73. The van der Waals surface area contributed by atoms with Crippen LogP contribution in [0.3, 0.4) is 0 Å². The van der Waals surface area contributed by atoms with Crippen LogP contribution in [0.25, 0.3) is 10.9 Å². The number of rotatable bonds is 4. The molecule has 19 heavy (non-hydrogen) atoms. The summed E-state index contributed by atoms with van der Waals surface area (Å²) in [5, 5.41) is 0.702. The maximum absolute atomic E-state index is 12.1. The van der Waals surface area contributed by atoms with Gasteiger partial charge in [-0.15, -0.1) is 0 Å². The Hall–Kier alpha value is -2.43. The molecule has 98 valence electrons. The van der Waals surface area contributed by atoms with Crippen LogP contribution in [0.5, 0.6) is 0 Å². The molecule has 1 heterocycles. The lowest BCUT2D eigenvalue weighted by molar-refractivity contribution is -0.142.